The van der Waals surface area contributed by atoms with Crippen LogP contribution in [0.4, 0.5) is 4.39 Å². The van der Waals surface area contributed by atoms with Crippen LogP contribution in [0.25, 0.3) is 0 Å². The predicted octanol–water partition coefficient (Wildman–Crippen LogP) is 3.08. The normalized spacial score (nSPS) is 21.5. The highest BCUT2D eigenvalue weighted by Gasteiger charge is 2.47. The fourth-order valence-corrected chi connectivity index (χ4v) is 3.65. The first-order valence-corrected chi connectivity index (χ1v) is 8.45. The van der Waals surface area contributed by atoms with Gasteiger partial charge in [0.25, 0.3) is 5.91 Å². The number of ether oxygens (including phenoxy) is 2. The summed E-state index contributed by atoms with van der Waals surface area (Å²) in [5.74, 6) is 0.396. The zero-order chi connectivity index (χ0) is 18.3. The molecule has 0 aromatic heterocycles. The van der Waals surface area contributed by atoms with Crippen molar-refractivity contribution < 1.29 is 23.5 Å². The molecule has 1 atom stereocenters. The van der Waals surface area contributed by atoms with E-state index in [-0.39, 0.29) is 18.1 Å². The van der Waals surface area contributed by atoms with E-state index in [4.69, 9.17) is 9.47 Å². The van der Waals surface area contributed by atoms with E-state index in [0.717, 1.165) is 0 Å². The molecule has 0 aliphatic carbocycles. The Hall–Kier alpha value is -2.89. The van der Waals surface area contributed by atoms with E-state index >= 15 is 0 Å². The van der Waals surface area contributed by atoms with Gasteiger partial charge in [0.2, 0.25) is 0 Å². The summed E-state index contributed by atoms with van der Waals surface area (Å²) in [5, 5.41) is 0. The number of methoxy groups -OCH3 is 1. The Morgan fingerprint density at radius 2 is 2.12 bits per heavy atom. The van der Waals surface area contributed by atoms with Gasteiger partial charge in [-0.1, -0.05) is 6.07 Å². The molecule has 2 aliphatic rings. The lowest BCUT2D eigenvalue weighted by atomic mass is 9.89. The quantitative estimate of drug-likeness (QED) is 0.831. The molecule has 1 fully saturated rings. The van der Waals surface area contributed by atoms with Gasteiger partial charge in [0.1, 0.15) is 22.9 Å². The van der Waals surface area contributed by atoms with Crippen LogP contribution in [0.2, 0.25) is 0 Å². The summed E-state index contributed by atoms with van der Waals surface area (Å²) in [6.07, 6.45) is 0.769. The largest absolute Gasteiger partial charge is 0.497 e. The van der Waals surface area contributed by atoms with Gasteiger partial charge in [-0.2, -0.15) is 0 Å². The number of benzene rings is 2. The van der Waals surface area contributed by atoms with Crippen molar-refractivity contribution in [1.29, 1.82) is 0 Å². The average Bonchev–Trinajstić information content (AvgIpc) is 3.04. The predicted molar refractivity (Wildman–Crippen MR) is 92.2 cm³/mol. The Balaban J connectivity index is 1.56. The molecule has 6 heteroatoms. The van der Waals surface area contributed by atoms with E-state index in [2.05, 4.69) is 0 Å². The maximum absolute atomic E-state index is 13.4. The van der Waals surface area contributed by atoms with E-state index in [1.807, 2.05) is 0 Å². The first-order chi connectivity index (χ1) is 12.5. The third kappa shape index (κ3) is 2.81. The number of likely N-dealkylation sites (tertiary alicyclic amines) is 1. The van der Waals surface area contributed by atoms with Crippen molar-refractivity contribution in [1.82, 2.24) is 4.90 Å². The maximum atomic E-state index is 13.4. The number of carbonyl (C=O) groups is 2. The topological polar surface area (TPSA) is 55.8 Å². The smallest absolute Gasteiger partial charge is 0.254 e. The summed E-state index contributed by atoms with van der Waals surface area (Å²) in [6.45, 7) is 0.771. The highest BCUT2D eigenvalue weighted by molar-refractivity contribution is 6.01. The van der Waals surface area contributed by atoms with Gasteiger partial charge >= 0.3 is 0 Å². The zero-order valence-electron chi connectivity index (χ0n) is 14.3. The molecule has 1 unspecified atom stereocenters. The van der Waals surface area contributed by atoms with Crippen molar-refractivity contribution in [2.75, 3.05) is 20.2 Å². The Morgan fingerprint density at radius 3 is 2.88 bits per heavy atom. The Kier molecular flexibility index (Phi) is 3.90. The van der Waals surface area contributed by atoms with Gasteiger partial charge in [-0.3, -0.25) is 9.59 Å². The van der Waals surface area contributed by atoms with Gasteiger partial charge in [0, 0.05) is 18.5 Å². The molecule has 0 radical (unpaired) electrons. The fraction of sp³-hybridized carbons (Fsp3) is 0.300. The number of fused-ring (bicyclic) bond motifs is 1. The molecule has 134 valence electrons. The Bertz CT molecular complexity index is 897. The molecule has 2 aliphatic heterocycles. The number of hydrogen-bond donors (Lipinski definition) is 0. The van der Waals surface area contributed by atoms with Crippen LogP contribution in [0, 0.1) is 5.82 Å². The zero-order valence-corrected chi connectivity index (χ0v) is 14.3. The van der Waals surface area contributed by atoms with Gasteiger partial charge in [-0.05, 0) is 36.4 Å². The maximum Gasteiger partial charge on any atom is 0.254 e. The Labute approximate surface area is 150 Å². The summed E-state index contributed by atoms with van der Waals surface area (Å²) in [6, 6.07) is 10.8. The second-order valence-corrected chi connectivity index (χ2v) is 6.73. The molecule has 4 rings (SSSR count). The lowest BCUT2D eigenvalue weighted by molar-refractivity contribution is 0.0427. The molecule has 1 amide bonds. The number of hydrogen-bond acceptors (Lipinski definition) is 4. The molecule has 26 heavy (non-hydrogen) atoms. The van der Waals surface area contributed by atoms with Gasteiger partial charge in [0.05, 0.1) is 25.6 Å². The lowest BCUT2D eigenvalue weighted by Crippen LogP contribution is -2.45. The van der Waals surface area contributed by atoms with Crippen molar-refractivity contribution >= 4 is 11.7 Å². The molecular weight excluding hydrogens is 337 g/mol. The average molecular weight is 355 g/mol. The molecule has 1 saturated heterocycles. The summed E-state index contributed by atoms with van der Waals surface area (Å²) in [4.78, 5) is 26.9. The van der Waals surface area contributed by atoms with Crippen LogP contribution in [0.15, 0.2) is 42.5 Å². The number of carbonyl (C=O) groups excluding carboxylic acids is 2. The van der Waals surface area contributed by atoms with E-state index in [0.29, 0.717) is 42.1 Å². The number of Topliss-reactive ketones (excluding diaryl/α,β-unsaturated/α-hetero) is 1. The standard InChI is InChI=1S/C20H18FNO4/c1-25-15-5-6-18-16(10-15)17(23)11-20(26-18)7-8-22(12-20)19(24)13-3-2-4-14(21)9-13/h2-6,9-10H,7-8,11-12H2,1H3. The monoisotopic (exact) mass is 355 g/mol. The van der Waals surface area contributed by atoms with E-state index in [9.17, 15) is 14.0 Å². The summed E-state index contributed by atoms with van der Waals surface area (Å²) < 4.78 is 24.7. The van der Waals surface area contributed by atoms with Crippen LogP contribution in [0.5, 0.6) is 11.5 Å². The number of amides is 1. The molecule has 0 N–H and O–H groups in total. The van der Waals surface area contributed by atoms with Crippen LogP contribution in [0.3, 0.4) is 0 Å². The van der Waals surface area contributed by atoms with Crippen LogP contribution in [-0.4, -0.2) is 42.4 Å². The number of halogens is 1. The molecule has 1 spiro atoms. The fourth-order valence-electron chi connectivity index (χ4n) is 3.65. The molecule has 0 bridgehead atoms. The van der Waals surface area contributed by atoms with Crippen molar-refractivity contribution in [3.63, 3.8) is 0 Å². The second kappa shape index (κ2) is 6.12. The van der Waals surface area contributed by atoms with Gasteiger partial charge in [0.15, 0.2) is 5.78 Å². The highest BCUT2D eigenvalue weighted by atomic mass is 19.1. The minimum atomic E-state index is -0.721. The molecule has 2 aromatic carbocycles. The molecule has 5 nitrogen and oxygen atoms in total. The number of ketones is 1. The highest BCUT2D eigenvalue weighted by Crippen LogP contribution is 2.40. The van der Waals surface area contributed by atoms with Crippen molar-refractivity contribution in [3.05, 3.63) is 59.4 Å². The molecule has 0 saturated carbocycles. The minimum Gasteiger partial charge on any atom is -0.497 e. The third-order valence-electron chi connectivity index (χ3n) is 4.97. The number of nitrogens with zero attached hydrogens (tertiary/aromatic N) is 1. The first kappa shape index (κ1) is 16.6. The molecule has 2 aromatic rings. The van der Waals surface area contributed by atoms with Crippen molar-refractivity contribution in [2.24, 2.45) is 0 Å². The second-order valence-electron chi connectivity index (χ2n) is 6.73. The Morgan fingerprint density at radius 1 is 1.27 bits per heavy atom. The molecule has 2 heterocycles. The van der Waals surface area contributed by atoms with E-state index in [1.54, 1.807) is 36.3 Å². The molecular formula is C20H18FNO4. The van der Waals surface area contributed by atoms with Gasteiger partial charge in [-0.15, -0.1) is 0 Å². The van der Waals surface area contributed by atoms with Crippen LogP contribution in [0.1, 0.15) is 33.6 Å². The van der Waals surface area contributed by atoms with Crippen LogP contribution in [-0.2, 0) is 0 Å². The first-order valence-electron chi connectivity index (χ1n) is 8.45. The van der Waals surface area contributed by atoms with Crippen LogP contribution < -0.4 is 9.47 Å². The third-order valence-corrected chi connectivity index (χ3v) is 4.97. The van der Waals surface area contributed by atoms with Gasteiger partial charge in [-0.25, -0.2) is 4.39 Å². The lowest BCUT2D eigenvalue weighted by Gasteiger charge is -2.34. The summed E-state index contributed by atoms with van der Waals surface area (Å²) >= 11 is 0. The minimum absolute atomic E-state index is 0.0230. The van der Waals surface area contributed by atoms with Crippen molar-refractivity contribution in [3.8, 4) is 11.5 Å². The SMILES string of the molecule is COc1ccc2c(c1)C(=O)CC1(CCN(C(=O)c3cccc(F)c3)C1)O2. The summed E-state index contributed by atoms with van der Waals surface area (Å²) in [5.41, 5.74) is 0.0842. The van der Waals surface area contributed by atoms with Gasteiger partial charge < -0.3 is 14.4 Å². The van der Waals surface area contributed by atoms with Crippen molar-refractivity contribution in [2.45, 2.75) is 18.4 Å². The van der Waals surface area contributed by atoms with E-state index in [1.165, 1.54) is 18.2 Å². The van der Waals surface area contributed by atoms with Crippen LogP contribution >= 0.6 is 0 Å². The number of rotatable bonds is 2. The van der Waals surface area contributed by atoms with E-state index < -0.39 is 11.4 Å². The summed E-state index contributed by atoms with van der Waals surface area (Å²) in [7, 11) is 1.55.